The predicted molar refractivity (Wildman–Crippen MR) is 145 cm³/mol. The van der Waals surface area contributed by atoms with Crippen LogP contribution in [0.25, 0.3) is 6.08 Å². The smallest absolute Gasteiger partial charge is 0.269 e. The predicted octanol–water partition coefficient (Wildman–Crippen LogP) is 6.11. The van der Waals surface area contributed by atoms with E-state index in [2.05, 4.69) is 45.6 Å². The molecule has 1 aliphatic heterocycles. The van der Waals surface area contributed by atoms with E-state index in [0.717, 1.165) is 23.2 Å². The van der Waals surface area contributed by atoms with Crippen LogP contribution in [0, 0.1) is 10.1 Å². The van der Waals surface area contributed by atoms with Crippen molar-refractivity contribution in [1.82, 2.24) is 5.32 Å². The van der Waals surface area contributed by atoms with Crippen LogP contribution in [0.4, 0.5) is 11.4 Å². The number of anilines is 1. The lowest BCUT2D eigenvalue weighted by molar-refractivity contribution is -0.384. The van der Waals surface area contributed by atoms with Gasteiger partial charge in [-0.1, -0.05) is 30.8 Å². The summed E-state index contributed by atoms with van der Waals surface area (Å²) in [5.41, 5.74) is 3.49. The summed E-state index contributed by atoms with van der Waals surface area (Å²) in [5, 5.41) is 17.1. The number of amides is 1. The fourth-order valence-electron chi connectivity index (χ4n) is 3.54. The zero-order valence-corrected chi connectivity index (χ0v) is 22.0. The van der Waals surface area contributed by atoms with Gasteiger partial charge in [-0.3, -0.25) is 14.9 Å². The number of methoxy groups -OCH3 is 1. The Kier molecular flexibility index (Phi) is 8.17. The van der Waals surface area contributed by atoms with E-state index in [0.29, 0.717) is 20.9 Å². The molecule has 0 radical (unpaired) electrons. The van der Waals surface area contributed by atoms with Crippen molar-refractivity contribution in [3.8, 4) is 11.5 Å². The largest absolute Gasteiger partial charge is 0.493 e. The highest BCUT2D eigenvalue weighted by Crippen LogP contribution is 2.39. The quantitative estimate of drug-likeness (QED) is 0.182. The number of nitrogens with one attached hydrogen (secondary N) is 2. The molecule has 3 aromatic rings. The van der Waals surface area contributed by atoms with Gasteiger partial charge in [0.05, 0.1) is 21.4 Å². The molecule has 0 spiro atoms. The number of ether oxygens (including phenoxy) is 2. The van der Waals surface area contributed by atoms with E-state index >= 15 is 0 Å². The topological polar surface area (TPSA) is 103 Å². The summed E-state index contributed by atoms with van der Waals surface area (Å²) in [6.07, 6.45) is 2.78. The van der Waals surface area contributed by atoms with Crippen LogP contribution >= 0.6 is 27.7 Å². The van der Waals surface area contributed by atoms with Crippen LogP contribution in [0.1, 0.15) is 23.6 Å². The fraction of sp³-hybridized carbons (Fsp3) is 0.192. The molecule has 0 aromatic heterocycles. The van der Waals surface area contributed by atoms with E-state index in [9.17, 15) is 14.9 Å². The maximum absolute atomic E-state index is 12.6. The minimum absolute atomic E-state index is 0.0237. The van der Waals surface area contributed by atoms with Crippen LogP contribution in [-0.4, -0.2) is 23.4 Å². The number of aryl methyl sites for hydroxylation is 1. The van der Waals surface area contributed by atoms with Gasteiger partial charge >= 0.3 is 0 Å². The summed E-state index contributed by atoms with van der Waals surface area (Å²) in [5.74, 6) is 0.833. The molecule has 0 aliphatic carbocycles. The van der Waals surface area contributed by atoms with Gasteiger partial charge in [0.15, 0.2) is 17.0 Å². The number of nitro benzene ring substituents is 1. The molecule has 0 bridgehead atoms. The molecule has 1 aliphatic rings. The molecule has 1 saturated heterocycles. The minimum atomic E-state index is -0.442. The maximum atomic E-state index is 12.6. The second kappa shape index (κ2) is 11.5. The monoisotopic (exact) mass is 569 g/mol. The lowest BCUT2D eigenvalue weighted by Crippen LogP contribution is -2.30. The van der Waals surface area contributed by atoms with Gasteiger partial charge in [-0.2, -0.15) is 0 Å². The Bertz CT molecular complexity index is 1300. The average molecular weight is 570 g/mol. The summed E-state index contributed by atoms with van der Waals surface area (Å²) in [6.45, 7) is 2.32. The second-order valence-corrected chi connectivity index (χ2v) is 9.92. The number of benzene rings is 3. The van der Waals surface area contributed by atoms with Gasteiger partial charge in [-0.05, 0) is 81.5 Å². The molecule has 2 N–H and O–H groups in total. The number of carbonyl (C=O) groups is 1. The molecule has 8 nitrogen and oxygen atoms in total. The van der Waals surface area contributed by atoms with Crippen molar-refractivity contribution in [2.24, 2.45) is 0 Å². The third-order valence-electron chi connectivity index (χ3n) is 5.47. The van der Waals surface area contributed by atoms with Crippen molar-refractivity contribution in [3.05, 3.63) is 96.8 Å². The Balaban J connectivity index is 1.45. The van der Waals surface area contributed by atoms with Gasteiger partial charge in [-0.15, -0.1) is 0 Å². The molecule has 1 heterocycles. The third-order valence-corrected chi connectivity index (χ3v) is 7.09. The SMILES string of the molecule is CCc1ccc(N[C@@H]2NC(=O)/C(=C/c3cc(Br)c(OCc4ccc([N+](=O)[O-])cc4)c(OC)c3)S2)cc1. The number of nitro groups is 1. The van der Waals surface area contributed by atoms with E-state index in [-0.39, 0.29) is 23.7 Å². The first-order valence-electron chi connectivity index (χ1n) is 11.1. The third kappa shape index (κ3) is 6.19. The first-order chi connectivity index (χ1) is 17.4. The number of halogens is 1. The summed E-state index contributed by atoms with van der Waals surface area (Å²) in [4.78, 5) is 23.5. The molecule has 1 fully saturated rings. The van der Waals surface area contributed by atoms with E-state index in [1.807, 2.05) is 18.2 Å². The summed E-state index contributed by atoms with van der Waals surface area (Å²) < 4.78 is 12.1. The standard InChI is InChI=1S/C26H24BrN3O5S/c1-3-16-4-8-19(9-5-16)28-26-29-25(31)23(36-26)14-18-12-21(27)24(22(13-18)34-2)35-15-17-6-10-20(11-7-17)30(32)33/h4-14,26,28H,3,15H2,1-2H3,(H,29,31)/b23-14-/t26-/m1/s1. The molecule has 36 heavy (non-hydrogen) atoms. The zero-order chi connectivity index (χ0) is 25.7. The van der Waals surface area contributed by atoms with E-state index in [1.165, 1.54) is 36.6 Å². The average Bonchev–Trinajstić information content (AvgIpc) is 3.21. The minimum Gasteiger partial charge on any atom is -0.493 e. The van der Waals surface area contributed by atoms with Crippen molar-refractivity contribution in [1.29, 1.82) is 0 Å². The number of rotatable bonds is 9. The Labute approximate surface area is 221 Å². The van der Waals surface area contributed by atoms with Gasteiger partial charge in [0.2, 0.25) is 0 Å². The van der Waals surface area contributed by atoms with Gasteiger partial charge in [0.1, 0.15) is 6.61 Å². The first-order valence-corrected chi connectivity index (χ1v) is 12.8. The number of carbonyl (C=O) groups excluding carboxylic acids is 1. The number of nitrogens with zero attached hydrogens (tertiary/aromatic N) is 1. The fourth-order valence-corrected chi connectivity index (χ4v) is 5.10. The molecule has 1 amide bonds. The molecule has 1 atom stereocenters. The van der Waals surface area contributed by atoms with Crippen molar-refractivity contribution >= 4 is 51.0 Å². The van der Waals surface area contributed by atoms with E-state index < -0.39 is 4.92 Å². The summed E-state index contributed by atoms with van der Waals surface area (Å²) >= 11 is 4.94. The lowest BCUT2D eigenvalue weighted by atomic mass is 10.1. The Morgan fingerprint density at radius 3 is 2.47 bits per heavy atom. The highest BCUT2D eigenvalue weighted by molar-refractivity contribution is 9.10. The van der Waals surface area contributed by atoms with Crippen LogP contribution in [0.5, 0.6) is 11.5 Å². The van der Waals surface area contributed by atoms with Crippen LogP contribution in [0.3, 0.4) is 0 Å². The van der Waals surface area contributed by atoms with Crippen molar-refractivity contribution in [2.45, 2.75) is 25.4 Å². The van der Waals surface area contributed by atoms with Gasteiger partial charge in [0.25, 0.3) is 11.6 Å². The molecular formula is C26H24BrN3O5S. The highest BCUT2D eigenvalue weighted by atomic mass is 79.9. The summed E-state index contributed by atoms with van der Waals surface area (Å²) in [7, 11) is 1.54. The second-order valence-electron chi connectivity index (χ2n) is 7.92. The molecular weight excluding hydrogens is 546 g/mol. The van der Waals surface area contributed by atoms with Gasteiger partial charge in [0, 0.05) is 17.8 Å². The maximum Gasteiger partial charge on any atom is 0.269 e. The van der Waals surface area contributed by atoms with Crippen LogP contribution in [0.15, 0.2) is 70.0 Å². The first kappa shape index (κ1) is 25.6. The van der Waals surface area contributed by atoms with Crippen molar-refractivity contribution < 1.29 is 19.2 Å². The molecule has 10 heteroatoms. The van der Waals surface area contributed by atoms with Gasteiger partial charge in [-0.25, -0.2) is 0 Å². The molecule has 0 saturated carbocycles. The number of hydrogen-bond donors (Lipinski definition) is 2. The Morgan fingerprint density at radius 2 is 1.83 bits per heavy atom. The van der Waals surface area contributed by atoms with Crippen LogP contribution in [-0.2, 0) is 17.8 Å². The van der Waals surface area contributed by atoms with Crippen molar-refractivity contribution in [3.63, 3.8) is 0 Å². The Hall–Kier alpha value is -3.50. The summed E-state index contributed by atoms with van der Waals surface area (Å²) in [6, 6.07) is 18.0. The van der Waals surface area contributed by atoms with Crippen LogP contribution in [0.2, 0.25) is 0 Å². The number of thioether (sulfide) groups is 1. The van der Waals surface area contributed by atoms with E-state index in [4.69, 9.17) is 9.47 Å². The molecule has 0 unspecified atom stereocenters. The van der Waals surface area contributed by atoms with Crippen molar-refractivity contribution in [2.75, 3.05) is 12.4 Å². The molecule has 186 valence electrons. The number of non-ortho nitro benzene ring substituents is 1. The Morgan fingerprint density at radius 1 is 1.14 bits per heavy atom. The normalized spacial score (nSPS) is 16.0. The van der Waals surface area contributed by atoms with Gasteiger partial charge < -0.3 is 20.1 Å². The number of hydrogen-bond acceptors (Lipinski definition) is 7. The molecule has 3 aromatic carbocycles. The zero-order valence-electron chi connectivity index (χ0n) is 19.6. The van der Waals surface area contributed by atoms with E-state index in [1.54, 1.807) is 24.3 Å². The van der Waals surface area contributed by atoms with Crippen LogP contribution < -0.4 is 20.1 Å². The highest BCUT2D eigenvalue weighted by Gasteiger charge is 2.27. The lowest BCUT2D eigenvalue weighted by Gasteiger charge is -2.14. The molecule has 4 rings (SSSR count).